The van der Waals surface area contributed by atoms with Crippen molar-refractivity contribution in [2.45, 2.75) is 47.6 Å². The predicted octanol–water partition coefficient (Wildman–Crippen LogP) is 8.88. The molecule has 1 atom stereocenters. The molecule has 0 fully saturated rings. The number of hydrogen-bond acceptors (Lipinski definition) is 18. The van der Waals surface area contributed by atoms with Gasteiger partial charge in [0.2, 0.25) is 53.7 Å². The first-order valence-electron chi connectivity index (χ1n) is 19.8. The van der Waals surface area contributed by atoms with E-state index in [1.165, 1.54) is 12.5 Å². The Kier molecular flexibility index (Phi) is 11.1. The summed E-state index contributed by atoms with van der Waals surface area (Å²) in [5.74, 6) is 7.73. The number of nitrogens with zero attached hydrogens (tertiary/aromatic N) is 8. The number of aryl methyl sites for hydroxylation is 5. The maximum atomic E-state index is 13.4. The van der Waals surface area contributed by atoms with Crippen molar-refractivity contribution in [3.8, 4) is 80.0 Å². The number of benzene rings is 4. The molecule has 4 aromatic carbocycles. The predicted molar refractivity (Wildman–Crippen MR) is 222 cm³/mol. The molecule has 0 bridgehead atoms. The van der Waals surface area contributed by atoms with Crippen LogP contribution in [0.2, 0.25) is 0 Å². The first kappa shape index (κ1) is 41.1. The third kappa shape index (κ3) is 8.73. The first-order valence-corrected chi connectivity index (χ1v) is 19.8. The third-order valence-electron chi connectivity index (χ3n) is 9.50. The minimum Gasteiger partial charge on any atom is -0.486 e. The number of halogens is 1. The van der Waals surface area contributed by atoms with Crippen molar-refractivity contribution in [3.05, 3.63) is 108 Å². The molecule has 3 aliphatic rings. The molecule has 1 N–H and O–H groups in total. The number of ether oxygens (including phenoxy) is 6. The van der Waals surface area contributed by atoms with E-state index in [0.717, 1.165) is 39.1 Å². The van der Waals surface area contributed by atoms with Crippen LogP contribution in [-0.2, 0) is 0 Å². The smallest absolute Gasteiger partial charge is 0.404 e. The molecule has 12 rings (SSSR count). The molecule has 3 aliphatic heterocycles. The van der Waals surface area contributed by atoms with Crippen molar-refractivity contribution in [3.63, 3.8) is 0 Å². The van der Waals surface area contributed by atoms with Gasteiger partial charge in [0.1, 0.15) is 13.2 Å². The number of aromatic amines is 1. The Bertz CT molecular complexity index is 3080. The molecule has 0 amide bonds. The van der Waals surface area contributed by atoms with Gasteiger partial charge in [0.15, 0.2) is 34.5 Å². The van der Waals surface area contributed by atoms with E-state index in [9.17, 15) is 4.39 Å². The molecule has 8 heterocycles. The summed E-state index contributed by atoms with van der Waals surface area (Å²) in [5.41, 5.74) is 5.57. The maximum Gasteiger partial charge on any atom is 0.404 e. The molecule has 9 aromatic rings. The quantitative estimate of drug-likeness (QED) is 0.174. The van der Waals surface area contributed by atoms with Crippen LogP contribution in [0.15, 0.2) is 97.1 Å². The van der Waals surface area contributed by atoms with Crippen LogP contribution in [0.3, 0.4) is 0 Å². The lowest BCUT2D eigenvalue weighted by atomic mass is 10.1. The Hall–Kier alpha value is -8.29. The minimum absolute atomic E-state index is 0.239. The van der Waals surface area contributed by atoms with Crippen LogP contribution in [0, 0.1) is 34.6 Å². The minimum atomic E-state index is -2.12. The molecule has 0 aliphatic carbocycles. The van der Waals surface area contributed by atoms with Crippen molar-refractivity contribution in [1.82, 2.24) is 45.5 Å². The van der Waals surface area contributed by atoms with E-state index in [0.29, 0.717) is 88.6 Å². The molecule has 0 saturated heterocycles. The Morgan fingerprint density at radius 3 is 1.67 bits per heavy atom. The van der Waals surface area contributed by atoms with Gasteiger partial charge in [0, 0.05) is 62.8 Å². The lowest BCUT2D eigenvalue weighted by Gasteiger charge is -2.19. The van der Waals surface area contributed by atoms with Gasteiger partial charge in [-0.25, -0.2) is 0 Å². The van der Waals surface area contributed by atoms with Crippen LogP contribution >= 0.6 is 0 Å². The van der Waals surface area contributed by atoms with Gasteiger partial charge in [-0.05, 0) is 61.0 Å². The average Bonchev–Trinajstić information content (AvgIpc) is 4.15. The summed E-state index contributed by atoms with van der Waals surface area (Å²) in [6.07, 6.45) is 1.92. The van der Waals surface area contributed by atoms with E-state index in [1.807, 2.05) is 54.7 Å². The highest BCUT2D eigenvalue weighted by Crippen LogP contribution is 2.43. The third-order valence-corrected chi connectivity index (χ3v) is 9.50. The molecule has 0 radical (unpaired) electrons. The van der Waals surface area contributed by atoms with Gasteiger partial charge in [-0.3, -0.25) is 0 Å². The lowest BCUT2D eigenvalue weighted by molar-refractivity contribution is -0.173. The fourth-order valence-electron chi connectivity index (χ4n) is 6.77. The van der Waals surface area contributed by atoms with Crippen molar-refractivity contribution >= 4 is 10.9 Å². The second kappa shape index (κ2) is 17.2. The number of fused-ring (bicyclic) bond motifs is 4. The van der Waals surface area contributed by atoms with Gasteiger partial charge in [-0.2, -0.15) is 24.3 Å². The van der Waals surface area contributed by atoms with E-state index in [4.69, 9.17) is 46.5 Å². The molecular formula is C44H38FN9O10. The summed E-state index contributed by atoms with van der Waals surface area (Å²) < 4.78 is 64.8. The largest absolute Gasteiger partial charge is 0.486 e. The van der Waals surface area contributed by atoms with E-state index in [1.54, 1.807) is 45.9 Å². The normalized spacial score (nSPS) is 15.1. The zero-order valence-electron chi connectivity index (χ0n) is 35.2. The summed E-state index contributed by atoms with van der Waals surface area (Å²) in [6, 6.07) is 20.2. The first-order chi connectivity index (χ1) is 31.0. The van der Waals surface area contributed by atoms with Crippen molar-refractivity contribution in [2.75, 3.05) is 20.0 Å². The van der Waals surface area contributed by atoms with E-state index in [2.05, 4.69) is 58.5 Å². The molecule has 19 nitrogen and oxygen atoms in total. The maximum absolute atomic E-state index is 13.4. The van der Waals surface area contributed by atoms with Crippen molar-refractivity contribution < 1.29 is 50.9 Å². The van der Waals surface area contributed by atoms with E-state index < -0.39 is 6.04 Å². The number of nitrogens with one attached hydrogen (secondary N) is 1. The number of rotatable bonds is 4. The van der Waals surface area contributed by atoms with Crippen LogP contribution in [0.4, 0.5) is 4.39 Å². The average molecular weight is 872 g/mol. The molecule has 326 valence electrons. The van der Waals surface area contributed by atoms with Crippen LogP contribution < -0.4 is 28.4 Å². The van der Waals surface area contributed by atoms with Gasteiger partial charge in [0.05, 0.1) is 11.1 Å². The molecule has 1 unspecified atom stereocenters. The summed E-state index contributed by atoms with van der Waals surface area (Å²) in [7, 11) is 0. The van der Waals surface area contributed by atoms with Gasteiger partial charge in [-0.1, -0.05) is 44.9 Å². The number of para-hydroxylation sites is 2. The topological polar surface area (TPSA) is 227 Å². The molecule has 0 saturated carbocycles. The zero-order chi connectivity index (χ0) is 44.4. The fourth-order valence-corrected chi connectivity index (χ4v) is 6.77. The number of hydrogen-bond donors (Lipinski definition) is 1. The van der Waals surface area contributed by atoms with Crippen molar-refractivity contribution in [1.29, 1.82) is 0 Å². The molecule has 64 heavy (non-hydrogen) atoms. The lowest BCUT2D eigenvalue weighted by Crippen LogP contribution is -2.27. The van der Waals surface area contributed by atoms with Crippen LogP contribution in [-0.4, -0.2) is 71.6 Å². The Morgan fingerprint density at radius 2 is 1.06 bits per heavy atom. The van der Waals surface area contributed by atoms with Crippen molar-refractivity contribution in [2.24, 2.45) is 0 Å². The number of alkyl halides is 1. The molecular weight excluding hydrogens is 834 g/mol. The summed E-state index contributed by atoms with van der Waals surface area (Å²) >= 11 is 0. The Morgan fingerprint density at radius 1 is 0.531 bits per heavy atom. The second-order valence-corrected chi connectivity index (χ2v) is 14.3. The van der Waals surface area contributed by atoms with Gasteiger partial charge in [0.25, 0.3) is 0 Å². The molecule has 5 aromatic heterocycles. The Balaban J connectivity index is 0.000000108. The fraction of sp³-hybridized carbons (Fsp3) is 0.227. The molecule has 0 spiro atoms. The monoisotopic (exact) mass is 871 g/mol. The number of aromatic nitrogens is 9. The number of H-pyrrole nitrogens is 1. The zero-order valence-corrected chi connectivity index (χ0v) is 35.2. The summed E-state index contributed by atoms with van der Waals surface area (Å²) in [4.78, 5) is 19.9. The second-order valence-electron chi connectivity index (χ2n) is 14.3. The van der Waals surface area contributed by atoms with E-state index in [-0.39, 0.29) is 6.79 Å². The van der Waals surface area contributed by atoms with Gasteiger partial charge < -0.3 is 51.5 Å². The molecule has 20 heteroatoms. The highest BCUT2D eigenvalue weighted by molar-refractivity contribution is 5.96. The van der Waals surface area contributed by atoms with E-state index >= 15 is 0 Å². The van der Waals surface area contributed by atoms with Crippen LogP contribution in [0.25, 0.3) is 56.5 Å². The van der Waals surface area contributed by atoms with Gasteiger partial charge >= 0.3 is 6.04 Å². The highest BCUT2D eigenvalue weighted by Gasteiger charge is 2.37. The SMILES string of the molecule is Cc1nc(-c2c[nH]c3cccc(C)c23)no1.Cc1nc(-c2ccc3c(c2)OC(C)(F)O3)no1.Cc1nc(-c2cccc3c2OCCO3)no1.Cc1nc(-c2cccc3c2OCO3)no1. The standard InChI is InChI=1S/C12H11N3O.C11H9FN2O3.C11H10N2O3.C10H8N2O3/c1-7-4-3-5-10-11(7)9(6-13-10)12-14-8(2)16-15-12;1-6-13-10(14-17-6)7-3-4-8-9(5-7)16-11(2,12)15-8;1-7-12-11(13-16-7)8-3-2-4-9-10(8)15-6-5-14-9;1-6-11-10(12-15-6)7-3-2-4-8-9(7)14-5-13-8/h3-6,13H,1-2H3;3-5H,1-2H3;2-4H,5-6H2,1H3;2-4H,5H2,1H3. The highest BCUT2D eigenvalue weighted by atomic mass is 19.2. The van der Waals surface area contributed by atoms with Crippen LogP contribution in [0.5, 0.6) is 34.5 Å². The Labute approximate surface area is 362 Å². The van der Waals surface area contributed by atoms with Gasteiger partial charge in [-0.15, -0.1) is 0 Å². The summed E-state index contributed by atoms with van der Waals surface area (Å²) in [5, 5.41) is 16.6. The van der Waals surface area contributed by atoms with Crippen LogP contribution in [0.1, 0.15) is 36.1 Å². The summed E-state index contributed by atoms with van der Waals surface area (Å²) in [6.45, 7) is 11.6.